The highest BCUT2D eigenvalue weighted by atomic mass is 19.1. The Balaban J connectivity index is 1.33. The van der Waals surface area contributed by atoms with Crippen LogP contribution < -0.4 is 16.0 Å². The van der Waals surface area contributed by atoms with Crippen molar-refractivity contribution in [1.82, 2.24) is 20.2 Å². The molecule has 1 aliphatic rings. The maximum absolute atomic E-state index is 13.9. The highest BCUT2D eigenvalue weighted by Crippen LogP contribution is 2.22. The highest BCUT2D eigenvalue weighted by molar-refractivity contribution is 5.92. The van der Waals surface area contributed by atoms with Gasteiger partial charge >= 0.3 is 6.03 Å². The number of benzene rings is 1. The Bertz CT molecular complexity index is 1180. The van der Waals surface area contributed by atoms with E-state index in [1.165, 1.54) is 24.4 Å². The van der Waals surface area contributed by atoms with Crippen LogP contribution in [0.2, 0.25) is 0 Å². The zero-order chi connectivity index (χ0) is 24.1. The lowest BCUT2D eigenvalue weighted by Crippen LogP contribution is -2.39. The Morgan fingerprint density at radius 3 is 2.76 bits per heavy atom. The molecule has 2 aromatic heterocycles. The molecule has 1 atom stereocenters. The molecule has 34 heavy (non-hydrogen) atoms. The predicted molar refractivity (Wildman–Crippen MR) is 127 cm³/mol. The number of anilines is 3. The summed E-state index contributed by atoms with van der Waals surface area (Å²) >= 11 is 0. The molecule has 10 heteroatoms. The molecule has 3 heterocycles. The summed E-state index contributed by atoms with van der Waals surface area (Å²) in [6.07, 6.45) is 5.08. The summed E-state index contributed by atoms with van der Waals surface area (Å²) in [5.74, 6) is -0.839. The number of hydrogen-bond acceptors (Lipinski definition) is 6. The van der Waals surface area contributed by atoms with Gasteiger partial charge < -0.3 is 16.0 Å². The molecular weight excluding hydrogens is 440 g/mol. The lowest BCUT2D eigenvalue weighted by molar-refractivity contribution is 0.247. The Kier molecular flexibility index (Phi) is 7.07. The number of nitrogens with zero attached hydrogens (tertiary/aromatic N) is 3. The number of pyridine rings is 2. The van der Waals surface area contributed by atoms with Crippen LogP contribution in [0.1, 0.15) is 23.2 Å². The first-order valence-corrected chi connectivity index (χ1v) is 10.8. The van der Waals surface area contributed by atoms with Crippen molar-refractivity contribution in [3.8, 4) is 0 Å². The van der Waals surface area contributed by atoms with Crippen molar-refractivity contribution < 1.29 is 13.6 Å². The minimum Gasteiger partial charge on any atom is -0.354 e. The number of amides is 2. The second kappa shape index (κ2) is 10.3. The third-order valence-corrected chi connectivity index (χ3v) is 5.56. The Morgan fingerprint density at radius 1 is 1.24 bits per heavy atom. The van der Waals surface area contributed by atoms with Crippen molar-refractivity contribution in [1.29, 1.82) is 5.41 Å². The zero-order valence-electron chi connectivity index (χ0n) is 18.6. The molecule has 1 saturated heterocycles. The highest BCUT2D eigenvalue weighted by Gasteiger charge is 2.25. The van der Waals surface area contributed by atoms with Gasteiger partial charge in [-0.3, -0.25) is 15.2 Å². The summed E-state index contributed by atoms with van der Waals surface area (Å²) in [4.78, 5) is 22.8. The number of aromatic nitrogens is 2. The molecule has 0 spiro atoms. The van der Waals surface area contributed by atoms with E-state index in [9.17, 15) is 13.6 Å². The van der Waals surface area contributed by atoms with E-state index >= 15 is 0 Å². The van der Waals surface area contributed by atoms with E-state index in [0.29, 0.717) is 36.6 Å². The Morgan fingerprint density at radius 2 is 2.03 bits per heavy atom. The number of halogens is 2. The number of aryl methyl sites for hydroxylation is 1. The molecule has 0 aliphatic carbocycles. The summed E-state index contributed by atoms with van der Waals surface area (Å²) in [5, 5.41) is 16.5. The van der Waals surface area contributed by atoms with Crippen LogP contribution in [0.15, 0.2) is 48.8 Å². The van der Waals surface area contributed by atoms with Gasteiger partial charge in [-0.2, -0.15) is 0 Å². The summed E-state index contributed by atoms with van der Waals surface area (Å²) in [7, 11) is 0. The minimum absolute atomic E-state index is 0.0339. The first kappa shape index (κ1) is 23.2. The van der Waals surface area contributed by atoms with Gasteiger partial charge in [0, 0.05) is 60.6 Å². The molecule has 8 nitrogen and oxygen atoms in total. The first-order chi connectivity index (χ1) is 16.4. The smallest absolute Gasteiger partial charge is 0.320 e. The average Bonchev–Trinajstić information content (AvgIpc) is 3.24. The van der Waals surface area contributed by atoms with Gasteiger partial charge in [0.1, 0.15) is 17.5 Å². The van der Waals surface area contributed by atoms with Crippen molar-refractivity contribution in [3.63, 3.8) is 0 Å². The van der Waals surface area contributed by atoms with Crippen molar-refractivity contribution >= 4 is 29.4 Å². The maximum Gasteiger partial charge on any atom is 0.320 e. The monoisotopic (exact) mass is 465 g/mol. The summed E-state index contributed by atoms with van der Waals surface area (Å²) in [5.41, 5.74) is 2.88. The fourth-order valence-electron chi connectivity index (χ4n) is 3.88. The standard InChI is InChI=1S/C24H25F2N7O/c1-15-9-17(5-7-28-15)30-22-12-29-23(10-16(22)11-27)32-24(34)31-18-6-8-33(13-18)14-19-20(25)3-2-4-21(19)26/h2-5,7,9-12,18,27H,6,8,13-14H2,1H3,(H,28,30)(H2,29,31,32,34). The molecule has 1 fully saturated rings. The molecular formula is C24H25F2N7O. The molecule has 2 amide bonds. The lowest BCUT2D eigenvalue weighted by Gasteiger charge is -2.18. The van der Waals surface area contributed by atoms with E-state index in [0.717, 1.165) is 11.4 Å². The van der Waals surface area contributed by atoms with Crippen molar-refractivity contribution in [2.45, 2.75) is 25.9 Å². The van der Waals surface area contributed by atoms with Crippen LogP contribution in [0.5, 0.6) is 0 Å². The minimum atomic E-state index is -0.570. The van der Waals surface area contributed by atoms with E-state index in [4.69, 9.17) is 5.41 Å². The van der Waals surface area contributed by atoms with Crippen LogP contribution in [0, 0.1) is 24.0 Å². The summed E-state index contributed by atoms with van der Waals surface area (Å²) < 4.78 is 27.8. The van der Waals surface area contributed by atoms with Crippen LogP contribution in [0.25, 0.3) is 0 Å². The van der Waals surface area contributed by atoms with Gasteiger partial charge in [-0.1, -0.05) is 6.07 Å². The fraction of sp³-hybridized carbons (Fsp3) is 0.250. The summed E-state index contributed by atoms with van der Waals surface area (Å²) in [6, 6.07) is 8.52. The van der Waals surface area contributed by atoms with Crippen molar-refractivity contribution in [2.75, 3.05) is 23.7 Å². The summed E-state index contributed by atoms with van der Waals surface area (Å²) in [6.45, 7) is 3.13. The van der Waals surface area contributed by atoms with Crippen LogP contribution in [-0.4, -0.2) is 46.2 Å². The maximum atomic E-state index is 13.9. The molecule has 0 radical (unpaired) electrons. The van der Waals surface area contributed by atoms with Crippen LogP contribution in [0.3, 0.4) is 0 Å². The van der Waals surface area contributed by atoms with Gasteiger partial charge in [-0.25, -0.2) is 18.6 Å². The zero-order valence-corrected chi connectivity index (χ0v) is 18.6. The van der Waals surface area contributed by atoms with Crippen LogP contribution >= 0.6 is 0 Å². The van der Waals surface area contributed by atoms with Gasteiger partial charge in [0.05, 0.1) is 11.9 Å². The Hall–Kier alpha value is -3.92. The number of carbonyl (C=O) groups is 1. The second-order valence-electron chi connectivity index (χ2n) is 8.13. The van der Waals surface area contributed by atoms with Gasteiger partial charge in [0.25, 0.3) is 0 Å². The number of likely N-dealkylation sites (tertiary alicyclic amines) is 1. The van der Waals surface area contributed by atoms with Gasteiger partial charge in [-0.15, -0.1) is 0 Å². The molecule has 0 saturated carbocycles. The number of carbonyl (C=O) groups excluding carboxylic acids is 1. The first-order valence-electron chi connectivity index (χ1n) is 10.8. The topological polar surface area (TPSA) is 106 Å². The van der Waals surface area contributed by atoms with E-state index in [2.05, 4.69) is 25.9 Å². The second-order valence-corrected chi connectivity index (χ2v) is 8.13. The predicted octanol–water partition coefficient (Wildman–Crippen LogP) is 4.20. The number of urea groups is 1. The molecule has 4 N–H and O–H groups in total. The SMILES string of the molecule is Cc1cc(Nc2cnc(NC(=O)NC3CCN(Cc4c(F)cccc4F)C3)cc2C=N)ccn1. The quantitative estimate of drug-likeness (QED) is 0.392. The molecule has 176 valence electrons. The fourth-order valence-corrected chi connectivity index (χ4v) is 3.88. The third-order valence-electron chi connectivity index (χ3n) is 5.56. The van der Waals surface area contributed by atoms with E-state index < -0.39 is 17.7 Å². The molecule has 1 unspecified atom stereocenters. The lowest BCUT2D eigenvalue weighted by atomic mass is 10.2. The van der Waals surface area contributed by atoms with E-state index in [1.807, 2.05) is 24.0 Å². The molecule has 1 aromatic carbocycles. The largest absolute Gasteiger partial charge is 0.354 e. The van der Waals surface area contributed by atoms with E-state index in [1.54, 1.807) is 18.5 Å². The van der Waals surface area contributed by atoms with E-state index in [-0.39, 0.29) is 18.2 Å². The number of nitrogens with one attached hydrogen (secondary N) is 4. The molecule has 4 rings (SSSR count). The van der Waals surface area contributed by atoms with Gasteiger partial charge in [-0.05, 0) is 43.7 Å². The average molecular weight is 466 g/mol. The third kappa shape index (κ3) is 5.70. The van der Waals surface area contributed by atoms with Crippen LogP contribution in [-0.2, 0) is 6.54 Å². The van der Waals surface area contributed by atoms with Gasteiger partial charge in [0.2, 0.25) is 0 Å². The molecule has 1 aliphatic heterocycles. The molecule has 3 aromatic rings. The number of hydrogen-bond donors (Lipinski definition) is 4. The van der Waals surface area contributed by atoms with Crippen molar-refractivity contribution in [3.05, 3.63) is 77.2 Å². The van der Waals surface area contributed by atoms with Crippen molar-refractivity contribution in [2.24, 2.45) is 0 Å². The molecule has 0 bridgehead atoms. The van der Waals surface area contributed by atoms with Crippen LogP contribution in [0.4, 0.5) is 30.8 Å². The normalized spacial score (nSPS) is 15.7. The van der Waals surface area contributed by atoms with Gasteiger partial charge in [0.15, 0.2) is 0 Å². The number of rotatable bonds is 7. The Labute approximate surface area is 195 Å².